The normalized spacial score (nSPS) is 11.0. The van der Waals surface area contributed by atoms with Gasteiger partial charge in [0.05, 0.1) is 33.4 Å². The molecule has 0 fully saturated rings. The van der Waals surface area contributed by atoms with Gasteiger partial charge in [0.2, 0.25) is 0 Å². The molecule has 3 aromatic heterocycles. The first-order valence-corrected chi connectivity index (χ1v) is 9.25. The van der Waals surface area contributed by atoms with Crippen LogP contribution in [-0.4, -0.2) is 32.5 Å². The van der Waals surface area contributed by atoms with Crippen LogP contribution in [0.1, 0.15) is 17.3 Å². The molecule has 4 aromatic rings. The van der Waals surface area contributed by atoms with E-state index in [4.69, 9.17) is 0 Å². The first kappa shape index (κ1) is 20.2. The number of rotatable bonds is 5. The van der Waals surface area contributed by atoms with Gasteiger partial charge < -0.3 is 20.7 Å². The lowest BCUT2D eigenvalue weighted by atomic mass is 10.1. The van der Waals surface area contributed by atoms with Crippen LogP contribution in [0.2, 0.25) is 0 Å². The summed E-state index contributed by atoms with van der Waals surface area (Å²) in [7, 11) is 0. The van der Waals surface area contributed by atoms with E-state index < -0.39 is 23.4 Å². The Kier molecular flexibility index (Phi) is 5.20. The van der Waals surface area contributed by atoms with E-state index in [2.05, 4.69) is 25.6 Å². The molecule has 0 spiro atoms. The molecule has 0 saturated heterocycles. The zero-order valence-electron chi connectivity index (χ0n) is 16.1. The minimum Gasteiger partial charge on any atom is -0.494 e. The first-order valence-electron chi connectivity index (χ1n) is 9.25. The number of aromatic hydroxyl groups is 1. The van der Waals surface area contributed by atoms with Crippen LogP contribution in [0, 0.1) is 17.5 Å². The quantitative estimate of drug-likeness (QED) is 0.382. The maximum atomic E-state index is 14.4. The Morgan fingerprint density at radius 2 is 1.90 bits per heavy atom. The van der Waals surface area contributed by atoms with Gasteiger partial charge in [-0.1, -0.05) is 6.07 Å². The van der Waals surface area contributed by atoms with Crippen molar-refractivity contribution in [2.75, 3.05) is 11.9 Å². The molecule has 1 amide bonds. The molecule has 3 heterocycles. The number of carbonyl (C=O) groups excluding carboxylic acids is 1. The summed E-state index contributed by atoms with van der Waals surface area (Å²) in [6, 6.07) is 5.75. The van der Waals surface area contributed by atoms with Crippen LogP contribution in [-0.2, 0) is 0 Å². The van der Waals surface area contributed by atoms with Gasteiger partial charge in [-0.25, -0.2) is 23.1 Å². The molecular weight excluding hydrogens is 411 g/mol. The fourth-order valence-corrected chi connectivity index (χ4v) is 3.16. The van der Waals surface area contributed by atoms with Crippen LogP contribution in [0.4, 0.5) is 24.7 Å². The SMILES string of the molecule is CCNC(=O)c1cnc(Nc2cc(-c3c(F)cccc3F)nc3c[nH]c(O)c23)cc1F. The van der Waals surface area contributed by atoms with E-state index in [1.165, 1.54) is 18.3 Å². The lowest BCUT2D eigenvalue weighted by molar-refractivity contribution is 0.0951. The second-order valence-corrected chi connectivity index (χ2v) is 6.58. The third-order valence-corrected chi connectivity index (χ3v) is 4.55. The van der Waals surface area contributed by atoms with Crippen LogP contribution >= 0.6 is 0 Å². The van der Waals surface area contributed by atoms with Crippen LogP contribution in [0.3, 0.4) is 0 Å². The van der Waals surface area contributed by atoms with E-state index in [-0.39, 0.29) is 45.1 Å². The van der Waals surface area contributed by atoms with Gasteiger partial charge in [-0.05, 0) is 25.1 Å². The number of hydrogen-bond acceptors (Lipinski definition) is 5. The third kappa shape index (κ3) is 3.75. The van der Waals surface area contributed by atoms with E-state index in [0.29, 0.717) is 6.54 Å². The summed E-state index contributed by atoms with van der Waals surface area (Å²) >= 11 is 0. The minimum absolute atomic E-state index is 0.0126. The van der Waals surface area contributed by atoms with Gasteiger partial charge in [-0.2, -0.15) is 0 Å². The fourth-order valence-electron chi connectivity index (χ4n) is 3.16. The van der Waals surface area contributed by atoms with E-state index in [1.807, 2.05) is 0 Å². The molecule has 10 heteroatoms. The van der Waals surface area contributed by atoms with E-state index in [9.17, 15) is 23.1 Å². The van der Waals surface area contributed by atoms with Gasteiger partial charge in [0, 0.05) is 25.0 Å². The largest absolute Gasteiger partial charge is 0.494 e. The average Bonchev–Trinajstić information content (AvgIpc) is 3.09. The zero-order valence-corrected chi connectivity index (χ0v) is 16.1. The van der Waals surface area contributed by atoms with Gasteiger partial charge >= 0.3 is 0 Å². The van der Waals surface area contributed by atoms with Crippen molar-refractivity contribution in [2.45, 2.75) is 6.92 Å². The number of aromatic amines is 1. The van der Waals surface area contributed by atoms with Crippen molar-refractivity contribution in [3.05, 3.63) is 65.7 Å². The molecule has 0 saturated carbocycles. The number of nitrogens with zero attached hydrogens (tertiary/aromatic N) is 2. The van der Waals surface area contributed by atoms with Crippen LogP contribution < -0.4 is 10.6 Å². The van der Waals surface area contributed by atoms with E-state index >= 15 is 0 Å². The Balaban J connectivity index is 1.80. The summed E-state index contributed by atoms with van der Waals surface area (Å²) in [4.78, 5) is 22.7. The highest BCUT2D eigenvalue weighted by Gasteiger charge is 2.19. The molecule has 7 nitrogen and oxygen atoms in total. The topological polar surface area (TPSA) is 103 Å². The fraction of sp³-hybridized carbons (Fsp3) is 0.0952. The standard InChI is InChI=1S/C21H16F3N5O2/c1-2-25-20(30)10-8-26-17(6-13(10)24)29-15-7-14(18-11(22)4-3-5-12(18)23)28-16-9-27-21(31)19(15)16/h3-9,27,31H,2H2,1H3,(H,25,30)(H,26,29). The maximum absolute atomic E-state index is 14.4. The van der Waals surface area contributed by atoms with Crippen molar-refractivity contribution >= 4 is 28.3 Å². The van der Waals surface area contributed by atoms with Crippen LogP contribution in [0.25, 0.3) is 22.2 Å². The second-order valence-electron chi connectivity index (χ2n) is 6.58. The molecule has 0 aliphatic rings. The Bertz CT molecular complexity index is 1290. The number of benzene rings is 1. The molecule has 158 valence electrons. The van der Waals surface area contributed by atoms with Gasteiger partial charge in [0.15, 0.2) is 5.88 Å². The monoisotopic (exact) mass is 427 g/mol. The van der Waals surface area contributed by atoms with E-state index in [0.717, 1.165) is 24.4 Å². The summed E-state index contributed by atoms with van der Waals surface area (Å²) in [6.45, 7) is 2.03. The molecule has 1 aromatic carbocycles. The van der Waals surface area contributed by atoms with Crippen LogP contribution in [0.15, 0.2) is 42.7 Å². The molecule has 4 N–H and O–H groups in total. The van der Waals surface area contributed by atoms with Crippen molar-refractivity contribution in [2.24, 2.45) is 0 Å². The number of hydrogen-bond donors (Lipinski definition) is 4. The summed E-state index contributed by atoms with van der Waals surface area (Å²) in [5, 5.41) is 15.7. The number of pyridine rings is 2. The van der Waals surface area contributed by atoms with Gasteiger partial charge in [0.1, 0.15) is 23.3 Å². The summed E-state index contributed by atoms with van der Waals surface area (Å²) in [5.41, 5.74) is -0.215. The molecule has 0 aliphatic carbocycles. The molecule has 0 aliphatic heterocycles. The predicted octanol–water partition coefficient (Wildman–Crippen LogP) is 4.24. The van der Waals surface area contributed by atoms with Gasteiger partial charge in [-0.15, -0.1) is 0 Å². The number of amides is 1. The Morgan fingerprint density at radius 3 is 2.58 bits per heavy atom. The van der Waals surface area contributed by atoms with Crippen LogP contribution in [0.5, 0.6) is 5.88 Å². The van der Waals surface area contributed by atoms with Crippen molar-refractivity contribution in [3.8, 4) is 17.1 Å². The number of nitrogens with one attached hydrogen (secondary N) is 3. The number of aromatic nitrogens is 3. The average molecular weight is 427 g/mol. The molecule has 4 rings (SSSR count). The number of fused-ring (bicyclic) bond motifs is 1. The molecular formula is C21H16F3N5O2. The highest BCUT2D eigenvalue weighted by molar-refractivity contribution is 5.99. The Morgan fingerprint density at radius 1 is 1.16 bits per heavy atom. The second kappa shape index (κ2) is 7.98. The predicted molar refractivity (Wildman–Crippen MR) is 109 cm³/mol. The highest BCUT2D eigenvalue weighted by atomic mass is 19.1. The smallest absolute Gasteiger partial charge is 0.255 e. The summed E-state index contributed by atoms with van der Waals surface area (Å²) < 4.78 is 43.0. The third-order valence-electron chi connectivity index (χ3n) is 4.55. The lowest BCUT2D eigenvalue weighted by Crippen LogP contribution is -2.24. The van der Waals surface area contributed by atoms with Gasteiger partial charge in [0.25, 0.3) is 5.91 Å². The van der Waals surface area contributed by atoms with Crippen molar-refractivity contribution < 1.29 is 23.1 Å². The van der Waals surface area contributed by atoms with Crippen molar-refractivity contribution in [3.63, 3.8) is 0 Å². The number of carbonyl (C=O) groups is 1. The molecule has 0 radical (unpaired) electrons. The maximum Gasteiger partial charge on any atom is 0.255 e. The Labute approximate surface area is 174 Å². The van der Waals surface area contributed by atoms with Gasteiger partial charge in [-0.3, -0.25) is 4.79 Å². The number of H-pyrrole nitrogens is 1. The number of halogens is 3. The van der Waals surface area contributed by atoms with Crippen molar-refractivity contribution in [1.82, 2.24) is 20.3 Å². The molecule has 0 unspecified atom stereocenters. The molecule has 31 heavy (non-hydrogen) atoms. The first-order chi connectivity index (χ1) is 14.9. The zero-order chi connectivity index (χ0) is 22.1. The number of anilines is 2. The summed E-state index contributed by atoms with van der Waals surface area (Å²) in [5.74, 6) is -3.28. The van der Waals surface area contributed by atoms with E-state index in [1.54, 1.807) is 6.92 Å². The molecule has 0 bridgehead atoms. The Hall–Kier alpha value is -4.08. The molecule has 0 atom stereocenters. The lowest BCUT2D eigenvalue weighted by Gasteiger charge is -2.12. The minimum atomic E-state index is -0.813. The van der Waals surface area contributed by atoms with Crippen molar-refractivity contribution in [1.29, 1.82) is 0 Å². The highest BCUT2D eigenvalue weighted by Crippen LogP contribution is 2.36. The summed E-state index contributed by atoms with van der Waals surface area (Å²) in [6.07, 6.45) is 2.43.